The van der Waals surface area contributed by atoms with Gasteiger partial charge in [0.15, 0.2) is 0 Å². The molecule has 2 aliphatic heterocycles. The fraction of sp³-hybridized carbons (Fsp3) is 0.867. The first-order valence-corrected chi connectivity index (χ1v) is 7.83. The largest absolute Gasteiger partial charge is 0.444 e. The highest BCUT2D eigenvalue weighted by molar-refractivity contribution is 5.73. The van der Waals surface area contributed by atoms with Crippen LogP contribution < -0.4 is 0 Å². The van der Waals surface area contributed by atoms with Crippen LogP contribution in [0.25, 0.3) is 0 Å². The molecule has 2 atom stereocenters. The number of nitrogens with zero attached hydrogens (tertiary/aromatic N) is 3. The quantitative estimate of drug-likeness (QED) is 0.745. The fourth-order valence-corrected chi connectivity index (χ4v) is 2.97. The summed E-state index contributed by atoms with van der Waals surface area (Å²) in [4.78, 5) is 29.0. The van der Waals surface area contributed by atoms with Crippen LogP contribution in [0.3, 0.4) is 0 Å². The Morgan fingerprint density at radius 3 is 2.14 bits per heavy atom. The molecule has 2 rings (SSSR count). The van der Waals surface area contributed by atoms with Crippen molar-refractivity contribution in [2.45, 2.75) is 45.4 Å². The van der Waals surface area contributed by atoms with Crippen LogP contribution in [0.5, 0.6) is 0 Å². The lowest BCUT2D eigenvalue weighted by molar-refractivity contribution is -0.131. The third kappa shape index (κ3) is 4.10. The summed E-state index contributed by atoms with van der Waals surface area (Å²) in [5.74, 6) is 0.0852. The number of aliphatic hydroxyl groups excluding tert-OH is 1. The van der Waals surface area contributed by atoms with Crippen molar-refractivity contribution in [1.29, 1.82) is 0 Å². The number of β-amino-alcohol motifs (C(OH)–C–C–N with tert-alkyl or cyclic N) is 1. The van der Waals surface area contributed by atoms with E-state index in [1.807, 2.05) is 25.7 Å². The number of ether oxygens (including phenoxy) is 1. The molecule has 0 aromatic carbocycles. The first-order valence-electron chi connectivity index (χ1n) is 7.83. The van der Waals surface area contributed by atoms with Crippen molar-refractivity contribution >= 4 is 12.0 Å². The molecule has 0 radical (unpaired) electrons. The number of hydrogen-bond donors (Lipinski definition) is 1. The molecule has 126 valence electrons. The average Bonchev–Trinajstić information content (AvgIpc) is 2.79. The highest BCUT2D eigenvalue weighted by Gasteiger charge is 2.40. The number of likely N-dealkylation sites (tertiary alicyclic amines) is 1. The van der Waals surface area contributed by atoms with Crippen LogP contribution in [0.2, 0.25) is 0 Å². The third-order valence-electron chi connectivity index (χ3n) is 4.14. The maximum Gasteiger partial charge on any atom is 0.410 e. The molecule has 2 saturated heterocycles. The molecule has 0 aromatic rings. The SMILES string of the molecule is CC(=O)N1CCN([C@@H]2CN(C(=O)OC(C)(C)C)C[C@H]2O)CC1. The molecular weight excluding hydrogens is 286 g/mol. The zero-order chi connectivity index (χ0) is 16.5. The van der Waals surface area contributed by atoms with Gasteiger partial charge in [0.05, 0.1) is 18.7 Å². The predicted octanol–water partition coefficient (Wildman–Crippen LogP) is 0.131. The van der Waals surface area contributed by atoms with Crippen molar-refractivity contribution in [3.8, 4) is 0 Å². The van der Waals surface area contributed by atoms with Gasteiger partial charge in [-0.2, -0.15) is 0 Å². The Bertz CT molecular complexity index is 427. The van der Waals surface area contributed by atoms with Gasteiger partial charge in [-0.3, -0.25) is 9.69 Å². The van der Waals surface area contributed by atoms with Gasteiger partial charge < -0.3 is 19.6 Å². The van der Waals surface area contributed by atoms with Crippen LogP contribution >= 0.6 is 0 Å². The molecular formula is C15H27N3O4. The zero-order valence-electron chi connectivity index (χ0n) is 13.9. The van der Waals surface area contributed by atoms with Crippen LogP contribution in [0.1, 0.15) is 27.7 Å². The van der Waals surface area contributed by atoms with E-state index in [2.05, 4.69) is 4.90 Å². The summed E-state index contributed by atoms with van der Waals surface area (Å²) in [6.45, 7) is 10.6. The van der Waals surface area contributed by atoms with E-state index in [0.29, 0.717) is 26.2 Å². The van der Waals surface area contributed by atoms with E-state index >= 15 is 0 Å². The first-order chi connectivity index (χ1) is 10.2. The Morgan fingerprint density at radius 1 is 1.05 bits per heavy atom. The van der Waals surface area contributed by atoms with Crippen LogP contribution in [-0.4, -0.2) is 88.8 Å². The van der Waals surface area contributed by atoms with E-state index in [4.69, 9.17) is 4.74 Å². The lowest BCUT2D eigenvalue weighted by Crippen LogP contribution is -2.54. The standard InChI is InChI=1S/C15H27N3O4/c1-11(19)16-5-7-17(8-6-16)12-9-18(10-13(12)20)14(21)22-15(2,3)4/h12-13,20H,5-10H2,1-4H3/t12-,13-/m1/s1. The molecule has 0 bridgehead atoms. The van der Waals surface area contributed by atoms with Gasteiger partial charge in [-0.15, -0.1) is 0 Å². The Morgan fingerprint density at radius 2 is 1.64 bits per heavy atom. The number of piperazine rings is 1. The second-order valence-electron chi connectivity index (χ2n) is 7.06. The zero-order valence-corrected chi connectivity index (χ0v) is 13.9. The molecule has 0 aliphatic carbocycles. The van der Waals surface area contributed by atoms with Gasteiger partial charge >= 0.3 is 6.09 Å². The second-order valence-corrected chi connectivity index (χ2v) is 7.06. The lowest BCUT2D eigenvalue weighted by atomic mass is 10.1. The number of rotatable bonds is 1. The van der Waals surface area contributed by atoms with Crippen molar-refractivity contribution in [3.63, 3.8) is 0 Å². The van der Waals surface area contributed by atoms with E-state index < -0.39 is 11.7 Å². The Labute approximate surface area is 131 Å². The minimum absolute atomic E-state index is 0.0818. The minimum atomic E-state index is -0.573. The van der Waals surface area contributed by atoms with Gasteiger partial charge in [0.2, 0.25) is 5.91 Å². The molecule has 0 spiro atoms. The van der Waals surface area contributed by atoms with Gasteiger partial charge in [0.25, 0.3) is 0 Å². The first kappa shape index (κ1) is 17.0. The molecule has 1 N–H and O–H groups in total. The molecule has 2 amide bonds. The topological polar surface area (TPSA) is 73.3 Å². The average molecular weight is 313 g/mol. The van der Waals surface area contributed by atoms with Crippen molar-refractivity contribution in [2.75, 3.05) is 39.3 Å². The van der Waals surface area contributed by atoms with Gasteiger partial charge in [0.1, 0.15) is 5.60 Å². The number of carbonyl (C=O) groups is 2. The monoisotopic (exact) mass is 313 g/mol. The van der Waals surface area contributed by atoms with Crippen molar-refractivity contribution in [1.82, 2.24) is 14.7 Å². The van der Waals surface area contributed by atoms with Crippen molar-refractivity contribution < 1.29 is 19.4 Å². The van der Waals surface area contributed by atoms with E-state index in [1.54, 1.807) is 11.8 Å². The molecule has 7 nitrogen and oxygen atoms in total. The molecule has 7 heteroatoms. The lowest BCUT2D eigenvalue weighted by Gasteiger charge is -2.38. The van der Waals surface area contributed by atoms with Crippen LogP contribution in [-0.2, 0) is 9.53 Å². The van der Waals surface area contributed by atoms with Gasteiger partial charge in [-0.25, -0.2) is 4.79 Å². The summed E-state index contributed by atoms with van der Waals surface area (Å²) in [5.41, 5.74) is -0.534. The summed E-state index contributed by atoms with van der Waals surface area (Å²) in [6, 6.07) is -0.0818. The molecule has 2 heterocycles. The van der Waals surface area contributed by atoms with E-state index in [1.165, 1.54) is 0 Å². The third-order valence-corrected chi connectivity index (χ3v) is 4.14. The van der Waals surface area contributed by atoms with E-state index in [9.17, 15) is 14.7 Å². The van der Waals surface area contributed by atoms with Crippen molar-refractivity contribution in [3.05, 3.63) is 0 Å². The highest BCUT2D eigenvalue weighted by atomic mass is 16.6. The maximum atomic E-state index is 12.1. The fourth-order valence-electron chi connectivity index (χ4n) is 2.97. The molecule has 22 heavy (non-hydrogen) atoms. The summed E-state index contributed by atoms with van der Waals surface area (Å²) >= 11 is 0. The number of hydrogen-bond acceptors (Lipinski definition) is 5. The van der Waals surface area contributed by atoms with Crippen molar-refractivity contribution in [2.24, 2.45) is 0 Å². The number of carbonyl (C=O) groups excluding carboxylic acids is 2. The molecule has 0 saturated carbocycles. The summed E-state index contributed by atoms with van der Waals surface area (Å²) in [6.07, 6.45) is -0.951. The molecule has 2 fully saturated rings. The molecule has 0 unspecified atom stereocenters. The number of aliphatic hydroxyl groups is 1. The van der Waals surface area contributed by atoms with Crippen LogP contribution in [0.4, 0.5) is 4.79 Å². The van der Waals surface area contributed by atoms with Gasteiger partial charge in [0, 0.05) is 39.6 Å². The minimum Gasteiger partial charge on any atom is -0.444 e. The molecule has 2 aliphatic rings. The maximum absolute atomic E-state index is 12.1. The summed E-state index contributed by atoms with van der Waals surface area (Å²) < 4.78 is 5.36. The molecule has 0 aromatic heterocycles. The van der Waals surface area contributed by atoms with Gasteiger partial charge in [-0.1, -0.05) is 0 Å². The Hall–Kier alpha value is -1.34. The smallest absolute Gasteiger partial charge is 0.410 e. The Kier molecular flexibility index (Phi) is 4.97. The van der Waals surface area contributed by atoms with E-state index in [-0.39, 0.29) is 18.0 Å². The predicted molar refractivity (Wildman–Crippen MR) is 81.4 cm³/mol. The number of amides is 2. The van der Waals surface area contributed by atoms with Gasteiger partial charge in [-0.05, 0) is 20.8 Å². The van der Waals surface area contributed by atoms with Crippen LogP contribution in [0, 0.1) is 0 Å². The Balaban J connectivity index is 1.89. The van der Waals surface area contributed by atoms with Crippen LogP contribution in [0.15, 0.2) is 0 Å². The van der Waals surface area contributed by atoms with E-state index in [0.717, 1.165) is 13.1 Å². The normalized spacial score (nSPS) is 27.1. The highest BCUT2D eigenvalue weighted by Crippen LogP contribution is 2.20. The summed E-state index contributed by atoms with van der Waals surface area (Å²) in [7, 11) is 0. The second kappa shape index (κ2) is 6.42. The summed E-state index contributed by atoms with van der Waals surface area (Å²) in [5, 5.41) is 10.3.